The smallest absolute Gasteiger partial charge is 0.344 e. The van der Waals surface area contributed by atoms with E-state index in [-0.39, 0.29) is 115 Å². The van der Waals surface area contributed by atoms with Gasteiger partial charge in [-0.05, 0) is 124 Å². The van der Waals surface area contributed by atoms with Crippen LogP contribution in [-0.2, 0) is 95.3 Å². The zero-order valence-corrected chi connectivity index (χ0v) is 46.8. The SMILES string of the molecule is CCC(C)(C)C(=O)OC1C2CC3CC(C2)C(=O)OC1C3.CCC(C)(C)C(=O)OCC(=O)OC1CCC2CC1OC2=O.CCC(C)C(=O)OC1CCC2CC1OC2=O.CCC(C)C(=O)OCC(=O)OC1CCC2CC1OC2=O. The van der Waals surface area contributed by atoms with Gasteiger partial charge in [-0.15, -0.1) is 0 Å². The molecular formula is C57H84O20. The molecule has 5 aliphatic carbocycles. The summed E-state index contributed by atoms with van der Waals surface area (Å²) in [6.45, 7) is 17.9. The summed E-state index contributed by atoms with van der Waals surface area (Å²) in [7, 11) is 0. The van der Waals surface area contributed by atoms with Crippen molar-refractivity contribution in [2.45, 2.75) is 227 Å². The Labute approximate surface area is 452 Å². The van der Waals surface area contributed by atoms with Crippen LogP contribution in [0.1, 0.15) is 178 Å². The average molecular weight is 1090 g/mol. The van der Waals surface area contributed by atoms with Crippen LogP contribution in [0.25, 0.3) is 0 Å². The first kappa shape index (κ1) is 60.9. The van der Waals surface area contributed by atoms with Gasteiger partial charge in [0.25, 0.3) is 0 Å². The van der Waals surface area contributed by atoms with Crippen molar-refractivity contribution in [2.24, 2.45) is 58.2 Å². The molecule has 0 amide bonds. The van der Waals surface area contributed by atoms with Gasteiger partial charge < -0.3 is 47.4 Å². The fraction of sp³-hybridized carbons (Fsp3) is 0.825. The van der Waals surface area contributed by atoms with E-state index in [4.69, 9.17) is 47.4 Å². The minimum Gasteiger partial charge on any atom is -0.458 e. The minimum atomic E-state index is -0.612. The van der Waals surface area contributed by atoms with E-state index in [1.54, 1.807) is 20.8 Å². The summed E-state index contributed by atoms with van der Waals surface area (Å²) in [6, 6.07) is 0. The first-order valence-electron chi connectivity index (χ1n) is 28.3. The molecule has 77 heavy (non-hydrogen) atoms. The lowest BCUT2D eigenvalue weighted by atomic mass is 9.67. The Balaban J connectivity index is 0.000000167. The van der Waals surface area contributed by atoms with Crippen molar-refractivity contribution < 1.29 is 95.3 Å². The number of carbonyl (C=O) groups excluding carboxylic acids is 10. The molecule has 10 aliphatic rings. The molecule has 16 atom stereocenters. The molecule has 5 saturated heterocycles. The molecule has 10 rings (SSSR count). The highest BCUT2D eigenvalue weighted by atomic mass is 16.6. The predicted octanol–water partition coefficient (Wildman–Crippen LogP) is 7.18. The Morgan fingerprint density at radius 3 is 1.35 bits per heavy atom. The molecule has 5 aliphatic heterocycles. The van der Waals surface area contributed by atoms with Crippen LogP contribution in [-0.4, -0.2) is 122 Å². The van der Waals surface area contributed by atoms with Crippen molar-refractivity contribution >= 4 is 59.7 Å². The molecule has 0 spiro atoms. The molecule has 0 aromatic carbocycles. The summed E-state index contributed by atoms with van der Waals surface area (Å²) in [5.41, 5.74) is -1.08. The van der Waals surface area contributed by atoms with Crippen LogP contribution >= 0.6 is 0 Å². The predicted molar refractivity (Wildman–Crippen MR) is 269 cm³/mol. The van der Waals surface area contributed by atoms with Crippen molar-refractivity contribution in [3.8, 4) is 0 Å². The molecule has 5 saturated carbocycles. The van der Waals surface area contributed by atoms with Crippen molar-refractivity contribution in [2.75, 3.05) is 13.2 Å². The Kier molecular flexibility index (Phi) is 21.0. The van der Waals surface area contributed by atoms with Crippen molar-refractivity contribution in [1.82, 2.24) is 0 Å². The van der Waals surface area contributed by atoms with Gasteiger partial charge in [0.1, 0.15) is 48.8 Å². The topological polar surface area (TPSA) is 263 Å². The second kappa shape index (κ2) is 26.6. The van der Waals surface area contributed by atoms with E-state index in [0.29, 0.717) is 63.2 Å². The van der Waals surface area contributed by atoms with Crippen LogP contribution in [0.5, 0.6) is 0 Å². The number of fused-ring (bicyclic) bond motifs is 7. The number of rotatable bonds is 16. The van der Waals surface area contributed by atoms with Crippen LogP contribution in [0.2, 0.25) is 0 Å². The Morgan fingerprint density at radius 1 is 0.468 bits per heavy atom. The van der Waals surface area contributed by atoms with E-state index < -0.39 is 53.5 Å². The highest BCUT2D eigenvalue weighted by Crippen LogP contribution is 2.49. The Bertz CT molecular complexity index is 2170. The quantitative estimate of drug-likeness (QED) is 0.109. The van der Waals surface area contributed by atoms with Gasteiger partial charge in [-0.1, -0.05) is 41.5 Å². The second-order valence-electron chi connectivity index (χ2n) is 23.9. The van der Waals surface area contributed by atoms with Gasteiger partial charge in [0, 0.05) is 25.2 Å². The van der Waals surface area contributed by atoms with Gasteiger partial charge in [-0.2, -0.15) is 0 Å². The zero-order chi connectivity index (χ0) is 56.5. The third-order valence-electron chi connectivity index (χ3n) is 17.5. The fourth-order valence-electron chi connectivity index (χ4n) is 11.1. The van der Waals surface area contributed by atoms with Crippen LogP contribution < -0.4 is 0 Å². The third kappa shape index (κ3) is 15.7. The van der Waals surface area contributed by atoms with Gasteiger partial charge in [-0.3, -0.25) is 38.4 Å². The van der Waals surface area contributed by atoms with Crippen LogP contribution in [0.3, 0.4) is 0 Å². The highest BCUT2D eigenvalue weighted by molar-refractivity contribution is 5.81. The van der Waals surface area contributed by atoms with Gasteiger partial charge in [-0.25, -0.2) is 9.59 Å². The van der Waals surface area contributed by atoms with Crippen LogP contribution in [0, 0.1) is 58.2 Å². The Hall–Kier alpha value is -5.30. The van der Waals surface area contributed by atoms with Crippen LogP contribution in [0.4, 0.5) is 0 Å². The molecule has 10 bridgehead atoms. The van der Waals surface area contributed by atoms with E-state index in [0.717, 1.165) is 57.8 Å². The molecule has 432 valence electrons. The maximum atomic E-state index is 12.3. The molecule has 20 heteroatoms. The second-order valence-corrected chi connectivity index (χ2v) is 23.9. The zero-order valence-electron chi connectivity index (χ0n) is 46.8. The lowest BCUT2D eigenvalue weighted by molar-refractivity contribution is -0.180. The van der Waals surface area contributed by atoms with E-state index >= 15 is 0 Å². The standard InChI is InChI=1S/C16H24O4.C15H22O6.C14H20O6.C12H18O4/c1-4-16(2,3)15(18)20-13-10-5-9-6-11(8-10)14(17)19-12(13)7-9;1-4-15(2,3)14(18)19-8-12(16)20-10-6-5-9-7-11(10)21-13(9)17;1-3-8(2)13(16)18-7-12(15)19-10-5-4-9-6-11(10)20-14(9)17;1-3-7(2)11(13)15-9-5-4-8-6-10(9)16-12(8)14/h9-13H,4-8H2,1-3H3;9-11H,4-8H2,1-3H3;8-11H,3-7H2,1-2H3;7-10H,3-6H2,1-2H3. The summed E-state index contributed by atoms with van der Waals surface area (Å²) in [5.74, 6) is -2.36. The summed E-state index contributed by atoms with van der Waals surface area (Å²) in [5, 5.41) is 0. The van der Waals surface area contributed by atoms with Crippen LogP contribution in [0.15, 0.2) is 0 Å². The molecule has 10 fully saturated rings. The molecule has 0 radical (unpaired) electrons. The van der Waals surface area contributed by atoms with E-state index in [2.05, 4.69) is 0 Å². The highest BCUT2D eigenvalue weighted by Gasteiger charge is 2.53. The largest absolute Gasteiger partial charge is 0.458 e. The van der Waals surface area contributed by atoms with Crippen molar-refractivity contribution in [1.29, 1.82) is 0 Å². The van der Waals surface area contributed by atoms with E-state index in [1.807, 2.05) is 48.5 Å². The number of ether oxygens (including phenoxy) is 10. The monoisotopic (exact) mass is 1090 g/mol. The molecule has 0 aromatic heterocycles. The Morgan fingerprint density at radius 2 is 0.883 bits per heavy atom. The molecule has 0 N–H and O–H groups in total. The normalized spacial score (nSPS) is 32.6. The minimum absolute atomic E-state index is 0.0339. The van der Waals surface area contributed by atoms with E-state index in [1.165, 1.54) is 0 Å². The number of esters is 10. The van der Waals surface area contributed by atoms with Gasteiger partial charge >= 0.3 is 59.7 Å². The molecule has 0 aromatic rings. The average Bonchev–Trinajstić information content (AvgIpc) is 3.98. The third-order valence-corrected chi connectivity index (χ3v) is 17.5. The van der Waals surface area contributed by atoms with Gasteiger partial charge in [0.2, 0.25) is 0 Å². The first-order valence-corrected chi connectivity index (χ1v) is 28.3. The molecule has 5 heterocycles. The lowest BCUT2D eigenvalue weighted by Gasteiger charge is -2.42. The first-order chi connectivity index (χ1) is 36.4. The summed E-state index contributed by atoms with van der Waals surface area (Å²) >= 11 is 0. The maximum absolute atomic E-state index is 12.3. The molecular weight excluding hydrogens is 1000 g/mol. The van der Waals surface area contributed by atoms with Crippen molar-refractivity contribution in [3.05, 3.63) is 0 Å². The van der Waals surface area contributed by atoms with Crippen molar-refractivity contribution in [3.63, 3.8) is 0 Å². The number of carbonyl (C=O) groups is 10. The number of hydrogen-bond donors (Lipinski definition) is 0. The molecule has 20 nitrogen and oxygen atoms in total. The van der Waals surface area contributed by atoms with Gasteiger partial charge in [0.05, 0.1) is 46.3 Å². The summed E-state index contributed by atoms with van der Waals surface area (Å²) < 4.78 is 52.7. The fourth-order valence-corrected chi connectivity index (χ4v) is 11.1. The molecule has 16 unspecified atom stereocenters. The van der Waals surface area contributed by atoms with Gasteiger partial charge in [0.15, 0.2) is 13.2 Å². The maximum Gasteiger partial charge on any atom is 0.344 e. The lowest BCUT2D eigenvalue weighted by Crippen LogP contribution is -2.46. The number of hydrogen-bond acceptors (Lipinski definition) is 20. The summed E-state index contributed by atoms with van der Waals surface area (Å²) in [6.07, 6.45) is 10.3. The summed E-state index contributed by atoms with van der Waals surface area (Å²) in [4.78, 5) is 117. The van der Waals surface area contributed by atoms with E-state index in [9.17, 15) is 47.9 Å².